The number of nitrogens with zero attached hydrogens (tertiary/aromatic N) is 1. The fourth-order valence-electron chi connectivity index (χ4n) is 1.28. The van der Waals surface area contributed by atoms with Crippen molar-refractivity contribution in [3.05, 3.63) is 35.3 Å². The van der Waals surface area contributed by atoms with Crippen molar-refractivity contribution in [2.45, 2.75) is 0 Å². The van der Waals surface area contributed by atoms with Gasteiger partial charge in [-0.15, -0.1) is 11.3 Å². The zero-order valence-corrected chi connectivity index (χ0v) is 9.45. The Morgan fingerprint density at radius 1 is 1.50 bits per heavy atom. The maximum Gasteiger partial charge on any atom is 0.260 e. The number of nitrogens with two attached hydrogens (primary N) is 1. The molecule has 0 aliphatic heterocycles. The summed E-state index contributed by atoms with van der Waals surface area (Å²) in [7, 11) is 1.61. The summed E-state index contributed by atoms with van der Waals surface area (Å²) in [5, 5.41) is 0.757. The topological polar surface area (TPSA) is 65.2 Å². The molecule has 0 unspecified atom stereocenters. The smallest absolute Gasteiger partial charge is 0.260 e. The Labute approximate surface area is 96.7 Å². The third-order valence-electron chi connectivity index (χ3n) is 2.07. The number of benzene rings is 1. The minimum absolute atomic E-state index is 0.452. The highest BCUT2D eigenvalue weighted by molar-refractivity contribution is 7.16. The fraction of sp³-hybridized carbons (Fsp3) is 0.0909. The van der Waals surface area contributed by atoms with Crippen LogP contribution in [0.15, 0.2) is 30.5 Å². The van der Waals surface area contributed by atoms with E-state index < -0.39 is 5.91 Å². The number of ether oxygens (including phenoxy) is 1. The van der Waals surface area contributed by atoms with E-state index in [-0.39, 0.29) is 0 Å². The van der Waals surface area contributed by atoms with Crippen LogP contribution in [0.1, 0.15) is 9.67 Å². The molecular formula is C11H10N2O2S. The molecule has 16 heavy (non-hydrogen) atoms. The number of primary amides is 1. The monoisotopic (exact) mass is 234 g/mol. The van der Waals surface area contributed by atoms with Crippen LogP contribution in [0.4, 0.5) is 0 Å². The Balaban J connectivity index is 2.38. The highest BCUT2D eigenvalue weighted by Crippen LogP contribution is 2.27. The van der Waals surface area contributed by atoms with Gasteiger partial charge in [0.1, 0.15) is 15.6 Å². The van der Waals surface area contributed by atoms with Gasteiger partial charge in [-0.3, -0.25) is 4.79 Å². The zero-order valence-electron chi connectivity index (χ0n) is 8.64. The van der Waals surface area contributed by atoms with Gasteiger partial charge < -0.3 is 10.5 Å². The van der Waals surface area contributed by atoms with Crippen LogP contribution in [0.25, 0.3) is 10.6 Å². The maximum absolute atomic E-state index is 10.9. The second-order valence-electron chi connectivity index (χ2n) is 3.13. The first-order valence-electron chi connectivity index (χ1n) is 4.61. The van der Waals surface area contributed by atoms with Gasteiger partial charge in [0.15, 0.2) is 0 Å². The van der Waals surface area contributed by atoms with Crippen LogP contribution < -0.4 is 10.5 Å². The summed E-state index contributed by atoms with van der Waals surface area (Å²) in [6.07, 6.45) is 1.49. The number of thiazole rings is 1. The van der Waals surface area contributed by atoms with Gasteiger partial charge in [0.25, 0.3) is 5.91 Å². The van der Waals surface area contributed by atoms with Crippen molar-refractivity contribution < 1.29 is 9.53 Å². The molecule has 1 aromatic heterocycles. The fourth-order valence-corrected chi connectivity index (χ4v) is 2.04. The minimum Gasteiger partial charge on any atom is -0.497 e. The number of carbonyl (C=O) groups is 1. The molecule has 4 nitrogen and oxygen atoms in total. The van der Waals surface area contributed by atoms with Gasteiger partial charge in [0.2, 0.25) is 0 Å². The maximum atomic E-state index is 10.9. The van der Waals surface area contributed by atoms with E-state index in [0.717, 1.165) is 16.3 Å². The molecule has 2 rings (SSSR count). The predicted molar refractivity (Wildman–Crippen MR) is 62.6 cm³/mol. The third kappa shape index (κ3) is 2.04. The summed E-state index contributed by atoms with van der Waals surface area (Å²) in [5.41, 5.74) is 6.08. The molecule has 1 aromatic carbocycles. The van der Waals surface area contributed by atoms with Gasteiger partial charge in [0, 0.05) is 5.56 Å². The van der Waals surface area contributed by atoms with Crippen molar-refractivity contribution in [1.29, 1.82) is 0 Å². The molecule has 0 bridgehead atoms. The molecule has 0 aliphatic carbocycles. The second-order valence-corrected chi connectivity index (χ2v) is 4.16. The first-order chi connectivity index (χ1) is 7.70. The standard InChI is InChI=1S/C11H10N2O2S/c1-15-8-4-2-3-7(5-8)11-13-6-9(16-11)10(12)14/h2-6H,1H3,(H2,12,14). The summed E-state index contributed by atoms with van der Waals surface area (Å²) < 4.78 is 5.12. The first kappa shape index (κ1) is 10.6. The lowest BCUT2D eigenvalue weighted by atomic mass is 10.2. The van der Waals surface area contributed by atoms with E-state index in [4.69, 9.17) is 10.5 Å². The minimum atomic E-state index is -0.452. The highest BCUT2D eigenvalue weighted by Gasteiger charge is 2.08. The number of carbonyl (C=O) groups excluding carboxylic acids is 1. The number of aromatic nitrogens is 1. The average Bonchev–Trinajstić information content (AvgIpc) is 2.78. The van der Waals surface area contributed by atoms with Gasteiger partial charge in [-0.2, -0.15) is 0 Å². The number of hydrogen-bond acceptors (Lipinski definition) is 4. The zero-order chi connectivity index (χ0) is 11.5. The Bertz CT molecular complexity index is 522. The molecule has 2 aromatic rings. The molecule has 1 heterocycles. The van der Waals surface area contributed by atoms with Crippen LogP contribution in [0, 0.1) is 0 Å². The molecule has 2 N–H and O–H groups in total. The lowest BCUT2D eigenvalue weighted by molar-refractivity contribution is 0.100. The van der Waals surface area contributed by atoms with Gasteiger partial charge in [-0.05, 0) is 12.1 Å². The van der Waals surface area contributed by atoms with Crippen molar-refractivity contribution in [2.75, 3.05) is 7.11 Å². The number of amides is 1. The quantitative estimate of drug-likeness (QED) is 0.882. The predicted octanol–water partition coefficient (Wildman–Crippen LogP) is 1.92. The van der Waals surface area contributed by atoms with Crippen molar-refractivity contribution >= 4 is 17.2 Å². The summed E-state index contributed by atoms with van der Waals surface area (Å²) in [6.45, 7) is 0. The highest BCUT2D eigenvalue weighted by atomic mass is 32.1. The lowest BCUT2D eigenvalue weighted by Gasteiger charge is -2.00. The Kier molecular flexibility index (Phi) is 2.87. The van der Waals surface area contributed by atoms with Gasteiger partial charge in [0.05, 0.1) is 13.3 Å². The summed E-state index contributed by atoms with van der Waals surface area (Å²) >= 11 is 1.27. The molecule has 0 spiro atoms. The van der Waals surface area contributed by atoms with Crippen LogP contribution in [0.3, 0.4) is 0 Å². The Morgan fingerprint density at radius 3 is 2.94 bits per heavy atom. The lowest BCUT2D eigenvalue weighted by Crippen LogP contribution is -2.08. The summed E-state index contributed by atoms with van der Waals surface area (Å²) in [5.74, 6) is 0.306. The van der Waals surface area contributed by atoms with Crippen LogP contribution in [-0.2, 0) is 0 Å². The van der Waals surface area contributed by atoms with Gasteiger partial charge in [-0.1, -0.05) is 12.1 Å². The van der Waals surface area contributed by atoms with Crippen LogP contribution in [-0.4, -0.2) is 18.0 Å². The van der Waals surface area contributed by atoms with Crippen molar-refractivity contribution in [2.24, 2.45) is 5.73 Å². The molecule has 0 saturated heterocycles. The van der Waals surface area contributed by atoms with E-state index in [1.54, 1.807) is 7.11 Å². The molecule has 0 saturated carbocycles. The molecule has 0 radical (unpaired) electrons. The van der Waals surface area contributed by atoms with E-state index in [1.807, 2.05) is 24.3 Å². The van der Waals surface area contributed by atoms with Crippen molar-refractivity contribution in [3.63, 3.8) is 0 Å². The Morgan fingerprint density at radius 2 is 2.31 bits per heavy atom. The molecule has 1 amide bonds. The molecule has 5 heteroatoms. The summed E-state index contributed by atoms with van der Waals surface area (Å²) in [4.78, 5) is 15.5. The van der Waals surface area contributed by atoms with E-state index >= 15 is 0 Å². The first-order valence-corrected chi connectivity index (χ1v) is 5.42. The van der Waals surface area contributed by atoms with E-state index in [1.165, 1.54) is 17.5 Å². The SMILES string of the molecule is COc1cccc(-c2ncc(C(N)=O)s2)c1. The van der Waals surface area contributed by atoms with Crippen molar-refractivity contribution in [3.8, 4) is 16.3 Å². The largest absolute Gasteiger partial charge is 0.497 e. The number of rotatable bonds is 3. The molecule has 82 valence electrons. The summed E-state index contributed by atoms with van der Waals surface area (Å²) in [6, 6.07) is 7.50. The van der Waals surface area contributed by atoms with Gasteiger partial charge >= 0.3 is 0 Å². The average molecular weight is 234 g/mol. The van der Waals surface area contributed by atoms with Gasteiger partial charge in [-0.25, -0.2) is 4.98 Å². The molecule has 0 fully saturated rings. The van der Waals surface area contributed by atoms with Crippen LogP contribution in [0.2, 0.25) is 0 Å². The third-order valence-corrected chi connectivity index (χ3v) is 3.13. The molecule has 0 atom stereocenters. The molecular weight excluding hydrogens is 224 g/mol. The Hall–Kier alpha value is -1.88. The van der Waals surface area contributed by atoms with Crippen LogP contribution >= 0.6 is 11.3 Å². The second kappa shape index (κ2) is 4.32. The normalized spacial score (nSPS) is 10.1. The van der Waals surface area contributed by atoms with Crippen molar-refractivity contribution in [1.82, 2.24) is 4.98 Å². The number of methoxy groups -OCH3 is 1. The molecule has 0 aliphatic rings. The van der Waals surface area contributed by atoms with E-state index in [9.17, 15) is 4.79 Å². The van der Waals surface area contributed by atoms with E-state index in [0.29, 0.717) is 4.88 Å². The van der Waals surface area contributed by atoms with Crippen LogP contribution in [0.5, 0.6) is 5.75 Å². The van der Waals surface area contributed by atoms with E-state index in [2.05, 4.69) is 4.98 Å². The number of hydrogen-bond donors (Lipinski definition) is 1.